The monoisotopic (exact) mass is 579 g/mol. The molecule has 9 heteroatoms. The van der Waals surface area contributed by atoms with Crippen LogP contribution in [-0.4, -0.2) is 35.4 Å². The van der Waals surface area contributed by atoms with Gasteiger partial charge in [0.25, 0.3) is 5.91 Å². The molecule has 2 unspecified atom stereocenters. The molecule has 0 bridgehead atoms. The van der Waals surface area contributed by atoms with Crippen LogP contribution in [0.1, 0.15) is 81.7 Å². The number of hydrogen-bond acceptors (Lipinski definition) is 5. The molecule has 0 spiro atoms. The van der Waals surface area contributed by atoms with Crippen LogP contribution in [-0.2, 0) is 31.0 Å². The van der Waals surface area contributed by atoms with Crippen molar-refractivity contribution in [3.8, 4) is 0 Å². The quantitative estimate of drug-likeness (QED) is 0.301. The molecule has 2 fully saturated rings. The van der Waals surface area contributed by atoms with Crippen molar-refractivity contribution >= 4 is 16.9 Å². The van der Waals surface area contributed by atoms with Gasteiger partial charge < -0.3 is 24.1 Å². The number of nitrogens with one attached hydrogen (secondary N) is 1. The van der Waals surface area contributed by atoms with Crippen LogP contribution in [0.4, 0.5) is 8.78 Å². The summed E-state index contributed by atoms with van der Waals surface area (Å²) < 4.78 is 49.2. The zero-order valence-corrected chi connectivity index (χ0v) is 24.1. The normalized spacial score (nSPS) is 20.4. The Morgan fingerprint density at radius 1 is 1.05 bits per heavy atom. The number of nitrogens with zero attached hydrogens (tertiary/aromatic N) is 2. The molecular weight excluding hydrogens is 540 g/mol. The number of carbonyl (C=O) groups excluding carboxylic acids is 1. The first kappa shape index (κ1) is 28.6. The van der Waals surface area contributed by atoms with Crippen molar-refractivity contribution in [1.82, 2.24) is 14.9 Å². The predicted octanol–water partition coefficient (Wildman–Crippen LogP) is 6.81. The number of aromatic nitrogens is 2. The Hall–Kier alpha value is -3.46. The van der Waals surface area contributed by atoms with E-state index < -0.39 is 23.3 Å². The van der Waals surface area contributed by atoms with Gasteiger partial charge in [0.05, 0.1) is 11.0 Å². The third kappa shape index (κ3) is 5.39. The highest BCUT2D eigenvalue weighted by Crippen LogP contribution is 2.44. The zero-order chi connectivity index (χ0) is 29.1. The first-order chi connectivity index (χ1) is 20.5. The fourth-order valence-corrected chi connectivity index (χ4v) is 7.10. The van der Waals surface area contributed by atoms with Crippen LogP contribution in [0.25, 0.3) is 11.0 Å². The summed E-state index contributed by atoms with van der Waals surface area (Å²) in [6, 6.07) is 11.9. The second-order valence-corrected chi connectivity index (χ2v) is 11.9. The molecule has 1 amide bonds. The van der Waals surface area contributed by atoms with E-state index in [2.05, 4.69) is 5.32 Å². The average Bonchev–Trinajstić information content (AvgIpc) is 3.68. The van der Waals surface area contributed by atoms with E-state index in [9.17, 15) is 9.18 Å². The number of halogens is 2. The number of fused-ring (bicyclic) bond motifs is 1. The molecule has 0 radical (unpaired) electrons. The Labute approximate surface area is 245 Å². The topological polar surface area (TPSA) is 74.6 Å². The maximum absolute atomic E-state index is 15.0. The van der Waals surface area contributed by atoms with Crippen LogP contribution in [0, 0.1) is 17.6 Å². The molecule has 42 heavy (non-hydrogen) atoms. The second-order valence-electron chi connectivity index (χ2n) is 11.9. The molecule has 0 saturated heterocycles. The summed E-state index contributed by atoms with van der Waals surface area (Å²) in [7, 11) is 1.64. The Bertz CT molecular complexity index is 1430. The minimum atomic E-state index is -1.55. The summed E-state index contributed by atoms with van der Waals surface area (Å²) in [6.45, 7) is -0.0517. The summed E-state index contributed by atoms with van der Waals surface area (Å²) in [5.41, 5.74) is -0.124. The lowest BCUT2D eigenvalue weighted by molar-refractivity contribution is -0.131. The molecule has 1 aliphatic heterocycles. The van der Waals surface area contributed by atoms with Gasteiger partial charge in [-0.1, -0.05) is 68.9 Å². The molecule has 3 aromatic rings. The van der Waals surface area contributed by atoms with Gasteiger partial charge in [0.2, 0.25) is 6.79 Å². The van der Waals surface area contributed by atoms with E-state index in [1.807, 2.05) is 30.3 Å². The van der Waals surface area contributed by atoms with Gasteiger partial charge in [-0.2, -0.15) is 0 Å². The van der Waals surface area contributed by atoms with Gasteiger partial charge in [-0.05, 0) is 37.2 Å². The molecule has 2 saturated carbocycles. The van der Waals surface area contributed by atoms with Crippen molar-refractivity contribution in [3.63, 3.8) is 0 Å². The van der Waals surface area contributed by atoms with E-state index in [0.717, 1.165) is 81.9 Å². The Morgan fingerprint density at radius 3 is 2.40 bits per heavy atom. The highest BCUT2D eigenvalue weighted by Gasteiger charge is 2.51. The summed E-state index contributed by atoms with van der Waals surface area (Å²) >= 11 is 0. The minimum absolute atomic E-state index is 0.00620. The Kier molecular flexibility index (Phi) is 8.47. The van der Waals surface area contributed by atoms with Crippen molar-refractivity contribution in [3.05, 3.63) is 77.5 Å². The highest BCUT2D eigenvalue weighted by atomic mass is 19.2. The molecule has 2 aliphatic carbocycles. The van der Waals surface area contributed by atoms with Gasteiger partial charge in [0, 0.05) is 31.7 Å². The molecule has 224 valence electrons. The molecule has 1 N–H and O–H groups in total. The van der Waals surface area contributed by atoms with E-state index in [1.165, 1.54) is 6.26 Å². The van der Waals surface area contributed by atoms with Crippen LogP contribution in [0.5, 0.6) is 0 Å². The number of carbonyl (C=O) groups is 1. The lowest BCUT2D eigenvalue weighted by Crippen LogP contribution is -2.55. The summed E-state index contributed by atoms with van der Waals surface area (Å²) in [5, 5.41) is 3.33. The van der Waals surface area contributed by atoms with Crippen molar-refractivity contribution < 1.29 is 27.8 Å². The predicted molar refractivity (Wildman–Crippen MR) is 154 cm³/mol. The number of ether oxygens (including phenoxy) is 3. The van der Waals surface area contributed by atoms with Gasteiger partial charge in [0.15, 0.2) is 22.9 Å². The lowest BCUT2D eigenvalue weighted by Gasteiger charge is -2.39. The van der Waals surface area contributed by atoms with Crippen LogP contribution in [0.2, 0.25) is 0 Å². The molecule has 2 aromatic carbocycles. The first-order valence-electron chi connectivity index (χ1n) is 15.2. The number of amides is 1. The lowest BCUT2D eigenvalue weighted by atomic mass is 9.83. The van der Waals surface area contributed by atoms with E-state index >= 15 is 4.39 Å². The first-order valence-corrected chi connectivity index (χ1v) is 15.2. The van der Waals surface area contributed by atoms with Gasteiger partial charge in [-0.3, -0.25) is 4.79 Å². The highest BCUT2D eigenvalue weighted by molar-refractivity contribution is 5.91. The smallest absolute Gasteiger partial charge is 0.254 e. The van der Waals surface area contributed by atoms with Gasteiger partial charge in [0.1, 0.15) is 18.2 Å². The van der Waals surface area contributed by atoms with E-state index in [1.54, 1.807) is 11.7 Å². The van der Waals surface area contributed by atoms with Gasteiger partial charge in [-0.15, -0.1) is 0 Å². The SMILES string of the molecule is COC(c1nc2cc(F)c(F)cc2n1C(Cc1ccccc1)(C(=O)NC1CCCCC1)C1=COCO1)C1CCCCC1. The summed E-state index contributed by atoms with van der Waals surface area (Å²) in [4.78, 5) is 19.8. The largest absolute Gasteiger partial charge is 0.461 e. The Morgan fingerprint density at radius 2 is 1.74 bits per heavy atom. The van der Waals surface area contributed by atoms with Crippen LogP contribution in [0.15, 0.2) is 54.5 Å². The number of benzene rings is 2. The standard InChI is InChI=1S/C33H39F2N3O4/c1-40-30(23-13-7-3-8-14-23)31-37-27-17-25(34)26(35)18-28(27)38(31)33(29-20-41-21-42-29,19-22-11-5-2-6-12-22)32(39)36-24-15-9-4-10-16-24/h2,5-6,11-12,17-18,20,23-24,30H,3-4,7-10,13-16,19,21H2,1H3,(H,36,39). The number of rotatable bonds is 9. The van der Waals surface area contributed by atoms with Crippen LogP contribution < -0.4 is 5.32 Å². The molecule has 2 heterocycles. The number of hydrogen-bond donors (Lipinski definition) is 1. The fraction of sp³-hybridized carbons (Fsp3) is 0.515. The third-order valence-corrected chi connectivity index (χ3v) is 9.19. The van der Waals surface area contributed by atoms with Gasteiger partial charge >= 0.3 is 0 Å². The van der Waals surface area contributed by atoms with Crippen LogP contribution >= 0.6 is 0 Å². The third-order valence-electron chi connectivity index (χ3n) is 9.19. The molecular formula is C33H39F2N3O4. The van der Waals surface area contributed by atoms with E-state index in [-0.39, 0.29) is 36.6 Å². The molecule has 1 aromatic heterocycles. The van der Waals surface area contributed by atoms with Crippen molar-refractivity contribution in [2.75, 3.05) is 13.9 Å². The number of imidazole rings is 1. The maximum atomic E-state index is 15.0. The molecule has 6 rings (SSSR count). The molecule has 3 aliphatic rings. The summed E-state index contributed by atoms with van der Waals surface area (Å²) in [6.07, 6.45) is 11.3. The van der Waals surface area contributed by atoms with E-state index in [4.69, 9.17) is 19.2 Å². The van der Waals surface area contributed by atoms with Crippen molar-refractivity contribution in [2.45, 2.75) is 88.3 Å². The number of methoxy groups -OCH3 is 1. The average molecular weight is 580 g/mol. The molecule has 7 nitrogen and oxygen atoms in total. The van der Waals surface area contributed by atoms with Crippen molar-refractivity contribution in [2.24, 2.45) is 5.92 Å². The molecule has 2 atom stereocenters. The maximum Gasteiger partial charge on any atom is 0.254 e. The van der Waals surface area contributed by atoms with Crippen LogP contribution in [0.3, 0.4) is 0 Å². The zero-order valence-electron chi connectivity index (χ0n) is 24.1. The van der Waals surface area contributed by atoms with E-state index in [0.29, 0.717) is 17.1 Å². The second kappa shape index (κ2) is 12.4. The van der Waals surface area contributed by atoms with Crippen molar-refractivity contribution in [1.29, 1.82) is 0 Å². The summed E-state index contributed by atoms with van der Waals surface area (Å²) in [5.74, 6) is -1.41. The fourth-order valence-electron chi connectivity index (χ4n) is 7.10. The Balaban J connectivity index is 1.62. The minimum Gasteiger partial charge on any atom is -0.461 e. The van der Waals surface area contributed by atoms with Gasteiger partial charge in [-0.25, -0.2) is 13.8 Å².